The summed E-state index contributed by atoms with van der Waals surface area (Å²) in [5, 5.41) is 14.5. The van der Waals surface area contributed by atoms with Gasteiger partial charge in [0.15, 0.2) is 0 Å². The van der Waals surface area contributed by atoms with E-state index in [1.807, 2.05) is 36.4 Å². The van der Waals surface area contributed by atoms with Crippen LogP contribution in [0.4, 0.5) is 9.59 Å². The maximum atomic E-state index is 12.8. The van der Waals surface area contributed by atoms with E-state index in [0.29, 0.717) is 6.42 Å². The standard InChI is InChI=1S/C26H33N3O6/c1-26(2,3)35-24(32)27-14-9-15-29(16-23(30)31)28(4)25(33)34-17-22-20-12-7-5-10-18(20)19-11-6-8-13-21(19)22/h5-8,10-13,22H,9,14-17H2,1-4H3,(H,27,32)(H,30,31). The molecule has 9 heteroatoms. The van der Waals surface area contributed by atoms with Crippen LogP contribution in [0.5, 0.6) is 0 Å². The van der Waals surface area contributed by atoms with Crippen LogP contribution in [0.3, 0.4) is 0 Å². The summed E-state index contributed by atoms with van der Waals surface area (Å²) in [7, 11) is 1.48. The molecule has 0 unspecified atom stereocenters. The summed E-state index contributed by atoms with van der Waals surface area (Å²) in [6.07, 6.45) is -0.784. The van der Waals surface area contributed by atoms with Gasteiger partial charge in [-0.3, -0.25) is 4.79 Å². The van der Waals surface area contributed by atoms with E-state index in [0.717, 1.165) is 22.3 Å². The van der Waals surface area contributed by atoms with Gasteiger partial charge in [-0.1, -0.05) is 48.5 Å². The molecule has 1 aliphatic carbocycles. The number of carboxylic acid groups (broad SMARTS) is 1. The van der Waals surface area contributed by atoms with E-state index < -0.39 is 23.8 Å². The first kappa shape index (κ1) is 26.0. The number of nitrogens with zero attached hydrogens (tertiary/aromatic N) is 2. The Morgan fingerprint density at radius 2 is 1.57 bits per heavy atom. The maximum Gasteiger partial charge on any atom is 0.424 e. The van der Waals surface area contributed by atoms with Crippen molar-refractivity contribution in [2.75, 3.05) is 33.3 Å². The zero-order chi connectivity index (χ0) is 25.6. The third-order valence-electron chi connectivity index (χ3n) is 5.60. The Morgan fingerprint density at radius 3 is 2.11 bits per heavy atom. The van der Waals surface area contributed by atoms with E-state index in [9.17, 15) is 19.5 Å². The molecule has 0 saturated carbocycles. The second-order valence-electron chi connectivity index (χ2n) is 9.39. The van der Waals surface area contributed by atoms with E-state index in [-0.39, 0.29) is 32.2 Å². The molecule has 188 valence electrons. The number of hydrazine groups is 1. The minimum absolute atomic E-state index is 0.0919. The van der Waals surface area contributed by atoms with Crippen molar-refractivity contribution in [1.82, 2.24) is 15.3 Å². The Hall–Kier alpha value is -3.59. The Bertz CT molecular complexity index is 1020. The Balaban J connectivity index is 1.57. The normalized spacial score (nSPS) is 12.6. The number of hydrogen-bond donors (Lipinski definition) is 2. The highest BCUT2D eigenvalue weighted by molar-refractivity contribution is 5.79. The minimum atomic E-state index is -1.08. The number of aliphatic carboxylic acids is 1. The molecule has 0 saturated heterocycles. The molecule has 2 aromatic rings. The molecule has 2 aromatic carbocycles. The van der Waals surface area contributed by atoms with E-state index in [1.54, 1.807) is 20.8 Å². The number of fused-ring (bicyclic) bond motifs is 3. The highest BCUT2D eigenvalue weighted by Crippen LogP contribution is 2.44. The molecule has 0 spiro atoms. The molecule has 0 aliphatic heterocycles. The number of nitrogens with one attached hydrogen (secondary N) is 1. The quantitative estimate of drug-likeness (QED) is 0.409. The first-order valence-corrected chi connectivity index (χ1v) is 11.6. The predicted molar refractivity (Wildman–Crippen MR) is 131 cm³/mol. The molecule has 1 aliphatic rings. The number of carboxylic acids is 1. The van der Waals surface area contributed by atoms with Crippen LogP contribution in [0.1, 0.15) is 44.2 Å². The van der Waals surface area contributed by atoms with Crippen molar-refractivity contribution in [3.63, 3.8) is 0 Å². The summed E-state index contributed by atoms with van der Waals surface area (Å²) in [5.74, 6) is -1.17. The van der Waals surface area contributed by atoms with E-state index in [2.05, 4.69) is 17.4 Å². The number of alkyl carbamates (subject to hydrolysis) is 1. The second-order valence-corrected chi connectivity index (χ2v) is 9.39. The summed E-state index contributed by atoms with van der Waals surface area (Å²) in [6.45, 7) is 5.55. The average molecular weight is 484 g/mol. The number of rotatable bonds is 9. The summed E-state index contributed by atoms with van der Waals surface area (Å²) in [6, 6.07) is 16.1. The fourth-order valence-corrected chi connectivity index (χ4v) is 4.06. The lowest BCUT2D eigenvalue weighted by Crippen LogP contribution is -2.47. The van der Waals surface area contributed by atoms with Gasteiger partial charge >= 0.3 is 18.2 Å². The molecule has 3 rings (SSSR count). The van der Waals surface area contributed by atoms with Gasteiger partial charge in [-0.25, -0.2) is 19.6 Å². The SMILES string of the molecule is CN(C(=O)OCC1c2ccccc2-c2ccccc21)N(CCCNC(=O)OC(C)(C)C)CC(=O)O. The number of ether oxygens (including phenoxy) is 2. The Labute approximate surface area is 205 Å². The third kappa shape index (κ3) is 6.95. The van der Waals surface area contributed by atoms with Crippen molar-refractivity contribution in [3.05, 3.63) is 59.7 Å². The minimum Gasteiger partial charge on any atom is -0.480 e. The van der Waals surface area contributed by atoms with Gasteiger partial charge in [-0.05, 0) is 49.4 Å². The van der Waals surface area contributed by atoms with E-state index in [4.69, 9.17) is 9.47 Å². The molecular formula is C26H33N3O6. The van der Waals surface area contributed by atoms with Crippen molar-refractivity contribution in [2.24, 2.45) is 0 Å². The molecule has 2 amide bonds. The van der Waals surface area contributed by atoms with E-state index in [1.165, 1.54) is 17.1 Å². The number of amides is 2. The Morgan fingerprint density at radius 1 is 1.00 bits per heavy atom. The van der Waals surface area contributed by atoms with Gasteiger partial charge in [-0.2, -0.15) is 0 Å². The van der Waals surface area contributed by atoms with Crippen LogP contribution in [0.2, 0.25) is 0 Å². The first-order chi connectivity index (χ1) is 16.6. The monoisotopic (exact) mass is 483 g/mol. The van der Waals surface area contributed by atoms with Gasteiger partial charge in [0.2, 0.25) is 0 Å². The lowest BCUT2D eigenvalue weighted by Gasteiger charge is -2.30. The highest BCUT2D eigenvalue weighted by atomic mass is 16.6. The van der Waals surface area contributed by atoms with Gasteiger partial charge in [0.05, 0.1) is 0 Å². The van der Waals surface area contributed by atoms with Crippen LogP contribution in [-0.4, -0.2) is 72.2 Å². The van der Waals surface area contributed by atoms with Gasteiger partial charge in [0.25, 0.3) is 0 Å². The average Bonchev–Trinajstić information content (AvgIpc) is 3.11. The van der Waals surface area contributed by atoms with Crippen LogP contribution in [-0.2, 0) is 14.3 Å². The van der Waals surface area contributed by atoms with E-state index >= 15 is 0 Å². The number of benzene rings is 2. The van der Waals surface area contributed by atoms with Gasteiger partial charge in [0, 0.05) is 26.1 Å². The summed E-state index contributed by atoms with van der Waals surface area (Å²) >= 11 is 0. The molecule has 0 atom stereocenters. The number of carbonyl (C=O) groups is 3. The zero-order valence-corrected chi connectivity index (χ0v) is 20.6. The predicted octanol–water partition coefficient (Wildman–Crippen LogP) is 4.08. The van der Waals surface area contributed by atoms with Crippen molar-refractivity contribution in [1.29, 1.82) is 0 Å². The fourth-order valence-electron chi connectivity index (χ4n) is 4.06. The molecule has 0 fully saturated rings. The third-order valence-corrected chi connectivity index (χ3v) is 5.60. The molecule has 0 radical (unpaired) electrons. The van der Waals surface area contributed by atoms with Crippen LogP contribution < -0.4 is 5.32 Å². The second kappa shape index (κ2) is 11.2. The maximum absolute atomic E-state index is 12.8. The van der Waals surface area contributed by atoms with Crippen molar-refractivity contribution >= 4 is 18.2 Å². The number of hydrogen-bond acceptors (Lipinski definition) is 6. The fraction of sp³-hybridized carbons (Fsp3) is 0.423. The zero-order valence-electron chi connectivity index (χ0n) is 20.6. The van der Waals surface area contributed by atoms with Crippen molar-refractivity contribution in [2.45, 2.75) is 38.7 Å². The molecule has 0 bridgehead atoms. The molecule has 35 heavy (non-hydrogen) atoms. The molecular weight excluding hydrogens is 450 g/mol. The largest absolute Gasteiger partial charge is 0.480 e. The summed E-state index contributed by atoms with van der Waals surface area (Å²) in [5.41, 5.74) is 3.84. The highest BCUT2D eigenvalue weighted by Gasteiger charge is 2.30. The lowest BCUT2D eigenvalue weighted by atomic mass is 9.98. The van der Waals surface area contributed by atoms with Crippen molar-refractivity contribution < 1.29 is 29.0 Å². The summed E-state index contributed by atoms with van der Waals surface area (Å²) in [4.78, 5) is 36.0. The Kier molecular flexibility index (Phi) is 8.34. The smallest absolute Gasteiger partial charge is 0.424 e. The molecule has 2 N–H and O–H groups in total. The van der Waals surface area contributed by atoms with Gasteiger partial charge in [-0.15, -0.1) is 0 Å². The van der Waals surface area contributed by atoms with Crippen LogP contribution in [0.25, 0.3) is 11.1 Å². The first-order valence-electron chi connectivity index (χ1n) is 11.6. The van der Waals surface area contributed by atoms with Gasteiger partial charge in [0.1, 0.15) is 18.8 Å². The van der Waals surface area contributed by atoms with Crippen LogP contribution >= 0.6 is 0 Å². The van der Waals surface area contributed by atoms with Crippen LogP contribution in [0.15, 0.2) is 48.5 Å². The lowest BCUT2D eigenvalue weighted by molar-refractivity contribution is -0.142. The molecule has 0 aromatic heterocycles. The number of carbonyl (C=O) groups excluding carboxylic acids is 2. The molecule has 9 nitrogen and oxygen atoms in total. The van der Waals surface area contributed by atoms with Crippen molar-refractivity contribution in [3.8, 4) is 11.1 Å². The van der Waals surface area contributed by atoms with Gasteiger partial charge < -0.3 is 19.9 Å². The molecule has 0 heterocycles. The summed E-state index contributed by atoms with van der Waals surface area (Å²) < 4.78 is 10.8. The topological polar surface area (TPSA) is 108 Å². The van der Waals surface area contributed by atoms with Crippen LogP contribution in [0, 0.1) is 0 Å².